The van der Waals surface area contributed by atoms with Gasteiger partial charge in [0.2, 0.25) is 0 Å². The van der Waals surface area contributed by atoms with Gasteiger partial charge in [0, 0.05) is 25.9 Å². The highest BCUT2D eigenvalue weighted by Gasteiger charge is 2.70. The molecule has 60 heavy (non-hydrogen) atoms. The lowest BCUT2D eigenvalue weighted by molar-refractivity contribution is -0.488. The van der Waals surface area contributed by atoms with Gasteiger partial charge in [-0.05, 0) is 163 Å². The second-order valence-corrected chi connectivity index (χ2v) is 23.5. The SMILES string of the molecule is CCN(CC)C(=O)OCc1ccc(S(=O)(=O)CC(C[C@H]2O[C@@H]3C[C@]4(C)CC[C@H]5[C@H](C)CC[C@@H]([C@H]2C)[C@@]35OO4)C[C@H]2O[C@@H]3C[C@]4(C)CC[C@H]5[C@H](C)CC[C@@H]([C@H]2C)[C@@]35OO4)cc1. The van der Waals surface area contributed by atoms with E-state index in [4.69, 9.17) is 33.8 Å². The second kappa shape index (κ2) is 16.0. The first-order chi connectivity index (χ1) is 28.5. The summed E-state index contributed by atoms with van der Waals surface area (Å²) < 4.78 is 49.5. The first-order valence-corrected chi connectivity index (χ1v) is 25.5. The molecule has 11 rings (SSSR count). The van der Waals surface area contributed by atoms with Gasteiger partial charge in [0.05, 0.1) is 35.1 Å². The van der Waals surface area contributed by atoms with Crippen LogP contribution in [0.25, 0.3) is 0 Å². The van der Waals surface area contributed by atoms with Crippen LogP contribution in [-0.4, -0.2) is 85.1 Å². The third-order valence-electron chi connectivity index (χ3n) is 17.9. The quantitative estimate of drug-likeness (QED) is 0.199. The van der Waals surface area contributed by atoms with E-state index in [1.54, 1.807) is 29.2 Å². The maximum absolute atomic E-state index is 14.6. The van der Waals surface area contributed by atoms with Gasteiger partial charge in [-0.1, -0.05) is 39.8 Å². The topological polar surface area (TPSA) is 119 Å². The molecular weight excluding hydrogens is 783 g/mol. The number of hydrogen-bond acceptors (Lipinski definition) is 10. The van der Waals surface area contributed by atoms with Crippen LogP contribution in [0.15, 0.2) is 29.2 Å². The van der Waals surface area contributed by atoms with E-state index in [0.29, 0.717) is 49.6 Å². The summed E-state index contributed by atoms with van der Waals surface area (Å²) in [4.78, 5) is 40.2. The molecule has 12 heteroatoms. The molecule has 4 bridgehead atoms. The average molecular weight is 856 g/mol. The van der Waals surface area contributed by atoms with Crippen LogP contribution in [0.3, 0.4) is 0 Å². The zero-order chi connectivity index (χ0) is 42.4. The van der Waals surface area contributed by atoms with Crippen molar-refractivity contribution in [3.63, 3.8) is 0 Å². The molecule has 2 spiro atoms. The Hall–Kier alpha value is -1.80. The third-order valence-corrected chi connectivity index (χ3v) is 19.8. The summed E-state index contributed by atoms with van der Waals surface area (Å²) >= 11 is 0. The summed E-state index contributed by atoms with van der Waals surface area (Å²) in [5, 5.41) is 0. The summed E-state index contributed by atoms with van der Waals surface area (Å²) in [6.45, 7) is 18.8. The van der Waals surface area contributed by atoms with E-state index in [0.717, 1.165) is 69.8 Å². The maximum atomic E-state index is 14.6. The Labute approximate surface area is 359 Å². The molecule has 6 saturated heterocycles. The smallest absolute Gasteiger partial charge is 0.410 e. The summed E-state index contributed by atoms with van der Waals surface area (Å²) in [6, 6.07) is 6.88. The molecule has 0 aromatic heterocycles. The lowest BCUT2D eigenvalue weighted by Crippen LogP contribution is -2.69. The zero-order valence-electron chi connectivity index (χ0n) is 37.6. The van der Waals surface area contributed by atoms with Crippen molar-refractivity contribution in [1.82, 2.24) is 4.90 Å². The Morgan fingerprint density at radius 2 is 1.20 bits per heavy atom. The van der Waals surface area contributed by atoms with Crippen LogP contribution >= 0.6 is 0 Å². The predicted octanol–water partition coefficient (Wildman–Crippen LogP) is 9.25. The van der Waals surface area contributed by atoms with Gasteiger partial charge in [-0.3, -0.25) is 0 Å². The highest BCUT2D eigenvalue weighted by atomic mass is 32.2. The van der Waals surface area contributed by atoms with Crippen LogP contribution in [0.2, 0.25) is 0 Å². The van der Waals surface area contributed by atoms with Crippen molar-refractivity contribution in [2.45, 2.75) is 191 Å². The Morgan fingerprint density at radius 3 is 1.67 bits per heavy atom. The van der Waals surface area contributed by atoms with Gasteiger partial charge in [-0.15, -0.1) is 0 Å². The Balaban J connectivity index is 0.997. The largest absolute Gasteiger partial charge is 0.445 e. The summed E-state index contributed by atoms with van der Waals surface area (Å²) in [7, 11) is -3.73. The van der Waals surface area contributed by atoms with Crippen LogP contribution in [-0.2, 0) is 50.2 Å². The molecule has 1 aromatic rings. The van der Waals surface area contributed by atoms with Crippen molar-refractivity contribution >= 4 is 15.9 Å². The minimum Gasteiger partial charge on any atom is -0.445 e. The molecule has 6 aliphatic heterocycles. The second-order valence-electron chi connectivity index (χ2n) is 21.5. The van der Waals surface area contributed by atoms with Crippen molar-refractivity contribution in [3.8, 4) is 0 Å². The number of sulfone groups is 1. The van der Waals surface area contributed by atoms with E-state index < -0.39 is 32.2 Å². The van der Waals surface area contributed by atoms with Crippen molar-refractivity contribution in [3.05, 3.63) is 29.8 Å². The standard InChI is InChI=1S/C48H73NO10S/c1-9-49(10-2)44(50)53-27-33-13-15-35(16-14-33)60(51,52)28-34(23-40-31(5)38-17-11-29(3)36-19-21-45(7)25-42(54-40)47(36,38)58-56-45)24-41-32(6)39-18-12-30(4)37-20-22-46(8)26-43(55-41)48(37,39)59-57-46/h13-16,29-32,34,36-43H,9-12,17-28H2,1-8H3/t29-,30-,31-,32-,36+,37+,38+,39+,40-,41-,42-,43-,45+,46+,47-,48-/m1/s1. The highest BCUT2D eigenvalue weighted by molar-refractivity contribution is 7.91. The molecule has 0 N–H and O–H groups in total. The number of benzene rings is 1. The predicted molar refractivity (Wildman–Crippen MR) is 225 cm³/mol. The fourth-order valence-electron chi connectivity index (χ4n) is 14.4. The Kier molecular flexibility index (Phi) is 11.6. The van der Waals surface area contributed by atoms with Crippen LogP contribution in [0.5, 0.6) is 0 Å². The van der Waals surface area contributed by atoms with Crippen molar-refractivity contribution < 1.29 is 47.0 Å². The minimum absolute atomic E-state index is 0.00260. The molecule has 1 amide bonds. The minimum atomic E-state index is -3.73. The van der Waals surface area contributed by atoms with Crippen LogP contribution in [0.1, 0.15) is 138 Å². The van der Waals surface area contributed by atoms with E-state index in [1.165, 1.54) is 0 Å². The molecule has 16 atom stereocenters. The van der Waals surface area contributed by atoms with Crippen LogP contribution < -0.4 is 0 Å². The van der Waals surface area contributed by atoms with Crippen molar-refractivity contribution in [2.24, 2.45) is 53.3 Å². The molecule has 4 aliphatic carbocycles. The van der Waals surface area contributed by atoms with Gasteiger partial charge < -0.3 is 19.1 Å². The number of hydrogen-bond donors (Lipinski definition) is 0. The first kappa shape index (κ1) is 43.5. The fourth-order valence-corrected chi connectivity index (χ4v) is 16.1. The molecule has 10 aliphatic rings. The molecule has 4 saturated carbocycles. The number of nitrogens with zero attached hydrogens (tertiary/aromatic N) is 1. The normalized spacial score (nSPS) is 45.6. The zero-order valence-corrected chi connectivity index (χ0v) is 38.4. The molecule has 11 nitrogen and oxygen atoms in total. The van der Waals surface area contributed by atoms with Gasteiger partial charge in [0.1, 0.15) is 29.0 Å². The first-order valence-electron chi connectivity index (χ1n) is 23.8. The van der Waals surface area contributed by atoms with Gasteiger partial charge >= 0.3 is 6.09 Å². The molecule has 10 fully saturated rings. The van der Waals surface area contributed by atoms with Gasteiger partial charge in [0.25, 0.3) is 0 Å². The fraction of sp³-hybridized carbons (Fsp3) is 0.854. The van der Waals surface area contributed by atoms with E-state index in [2.05, 4.69) is 41.5 Å². The van der Waals surface area contributed by atoms with Gasteiger partial charge in [-0.2, -0.15) is 0 Å². The number of ether oxygens (including phenoxy) is 3. The summed E-state index contributed by atoms with van der Waals surface area (Å²) in [5.74, 6) is 2.49. The third kappa shape index (κ3) is 7.20. The number of fused-ring (bicyclic) bond motifs is 4. The lowest BCUT2D eigenvalue weighted by atomic mass is 9.55. The molecular formula is C48H73NO10S. The highest BCUT2D eigenvalue weighted by Crippen LogP contribution is 2.64. The number of rotatable bonds is 11. The van der Waals surface area contributed by atoms with E-state index in [9.17, 15) is 13.2 Å². The average Bonchev–Trinajstić information content (AvgIpc) is 3.59. The molecule has 336 valence electrons. The van der Waals surface area contributed by atoms with Crippen LogP contribution in [0.4, 0.5) is 4.79 Å². The van der Waals surface area contributed by atoms with Gasteiger partial charge in [0.15, 0.2) is 9.84 Å². The van der Waals surface area contributed by atoms with E-state index >= 15 is 0 Å². The molecule has 0 unspecified atom stereocenters. The van der Waals surface area contributed by atoms with E-state index in [-0.39, 0.29) is 77.4 Å². The number of carbonyl (C=O) groups excluding carboxylic acids is 1. The molecule has 0 radical (unpaired) electrons. The van der Waals surface area contributed by atoms with Gasteiger partial charge in [-0.25, -0.2) is 32.8 Å². The Morgan fingerprint density at radius 1 is 0.717 bits per heavy atom. The van der Waals surface area contributed by atoms with Crippen molar-refractivity contribution in [1.29, 1.82) is 0 Å². The van der Waals surface area contributed by atoms with E-state index in [1.807, 2.05) is 13.8 Å². The monoisotopic (exact) mass is 855 g/mol. The Bertz CT molecular complexity index is 1760. The maximum Gasteiger partial charge on any atom is 0.410 e. The van der Waals surface area contributed by atoms with Crippen LogP contribution in [0, 0.1) is 53.3 Å². The number of carbonyl (C=O) groups is 1. The molecule has 6 heterocycles. The summed E-state index contributed by atoms with van der Waals surface area (Å²) in [6.07, 6.45) is 10.6. The lowest BCUT2D eigenvalue weighted by Gasteiger charge is -2.62. The summed E-state index contributed by atoms with van der Waals surface area (Å²) in [5.41, 5.74) is -0.962. The van der Waals surface area contributed by atoms with Crippen molar-refractivity contribution in [2.75, 3.05) is 18.8 Å². The molecule has 1 aromatic carbocycles. The number of amides is 1.